The molecule has 2 aliphatic heterocycles. The van der Waals surface area contributed by atoms with Crippen molar-refractivity contribution in [2.24, 2.45) is 0 Å². The topological polar surface area (TPSA) is 48.5 Å². The molecule has 2 saturated heterocycles. The number of carbonyl (C=O) groups is 1. The van der Waals surface area contributed by atoms with Crippen LogP contribution in [0.15, 0.2) is 18.3 Å². The standard InChI is InChI=1S/C15H19F3N4O.2ClH/c16-15(17,18)11-1-2-13(20-9-11)14(23)22-7-5-21(6-8-22)12-3-4-19-10-12;;/h1-2,9,12,19H,3-8,10H2;2*1H. The average molecular weight is 401 g/mol. The Morgan fingerprint density at radius 2 is 1.84 bits per heavy atom. The summed E-state index contributed by atoms with van der Waals surface area (Å²) in [5, 5.41) is 3.32. The number of carbonyl (C=O) groups excluding carboxylic acids is 1. The molecule has 3 heterocycles. The van der Waals surface area contributed by atoms with Gasteiger partial charge in [0.25, 0.3) is 5.91 Å². The van der Waals surface area contributed by atoms with Crippen molar-refractivity contribution in [1.82, 2.24) is 20.1 Å². The lowest BCUT2D eigenvalue weighted by Crippen LogP contribution is -2.52. The number of pyridine rings is 1. The van der Waals surface area contributed by atoms with Gasteiger partial charge in [-0.2, -0.15) is 13.2 Å². The second-order valence-electron chi connectivity index (χ2n) is 5.90. The van der Waals surface area contributed by atoms with Gasteiger partial charge in [0.05, 0.1) is 5.56 Å². The summed E-state index contributed by atoms with van der Waals surface area (Å²) in [7, 11) is 0. The predicted octanol–water partition coefficient (Wildman–Crippen LogP) is 2.06. The summed E-state index contributed by atoms with van der Waals surface area (Å²) >= 11 is 0. The van der Waals surface area contributed by atoms with E-state index in [1.165, 1.54) is 0 Å². The molecule has 1 atom stereocenters. The molecule has 10 heteroatoms. The van der Waals surface area contributed by atoms with Crippen molar-refractivity contribution in [3.63, 3.8) is 0 Å². The van der Waals surface area contributed by atoms with Gasteiger partial charge in [0.1, 0.15) is 5.69 Å². The van der Waals surface area contributed by atoms with E-state index < -0.39 is 11.7 Å². The molecule has 1 unspecified atom stereocenters. The summed E-state index contributed by atoms with van der Waals surface area (Å²) in [6.07, 6.45) is -2.60. The zero-order chi connectivity index (χ0) is 16.4. The summed E-state index contributed by atoms with van der Waals surface area (Å²) in [6.45, 7) is 4.75. The minimum absolute atomic E-state index is 0. The minimum Gasteiger partial charge on any atom is -0.335 e. The monoisotopic (exact) mass is 400 g/mol. The van der Waals surface area contributed by atoms with Gasteiger partial charge in [-0.1, -0.05) is 0 Å². The Hall–Kier alpha value is -1.09. The molecule has 5 nitrogen and oxygen atoms in total. The lowest BCUT2D eigenvalue weighted by atomic mass is 10.1. The molecule has 142 valence electrons. The lowest BCUT2D eigenvalue weighted by molar-refractivity contribution is -0.137. The Kier molecular flexibility index (Phi) is 7.92. The van der Waals surface area contributed by atoms with Crippen LogP contribution in [0.4, 0.5) is 13.2 Å². The highest BCUT2D eigenvalue weighted by molar-refractivity contribution is 5.92. The summed E-state index contributed by atoms with van der Waals surface area (Å²) < 4.78 is 37.6. The SMILES string of the molecule is Cl.Cl.O=C(c1ccc(C(F)(F)F)cn1)N1CCN(C2CCNC2)CC1. The van der Waals surface area contributed by atoms with Crippen LogP contribution in [0.3, 0.4) is 0 Å². The van der Waals surface area contributed by atoms with Gasteiger partial charge in [-0.05, 0) is 25.1 Å². The van der Waals surface area contributed by atoms with Crippen LogP contribution in [-0.4, -0.2) is 66.0 Å². The molecule has 1 aromatic rings. The van der Waals surface area contributed by atoms with Crippen LogP contribution < -0.4 is 5.32 Å². The predicted molar refractivity (Wildman–Crippen MR) is 92.5 cm³/mol. The van der Waals surface area contributed by atoms with Crippen molar-refractivity contribution in [3.8, 4) is 0 Å². The van der Waals surface area contributed by atoms with Crippen LogP contribution in [0.1, 0.15) is 22.5 Å². The van der Waals surface area contributed by atoms with E-state index >= 15 is 0 Å². The molecule has 0 radical (unpaired) electrons. The smallest absolute Gasteiger partial charge is 0.335 e. The van der Waals surface area contributed by atoms with Gasteiger partial charge in [0, 0.05) is 45.0 Å². The van der Waals surface area contributed by atoms with Gasteiger partial charge in [-0.3, -0.25) is 14.7 Å². The number of nitrogens with zero attached hydrogens (tertiary/aromatic N) is 3. The highest BCUT2D eigenvalue weighted by Crippen LogP contribution is 2.28. The number of piperazine rings is 1. The maximum atomic E-state index is 12.5. The van der Waals surface area contributed by atoms with Crippen molar-refractivity contribution in [2.75, 3.05) is 39.3 Å². The average Bonchev–Trinajstić information content (AvgIpc) is 3.08. The molecule has 1 amide bonds. The number of aromatic nitrogens is 1. The molecule has 0 aliphatic carbocycles. The Balaban J connectivity index is 0.00000156. The summed E-state index contributed by atoms with van der Waals surface area (Å²) in [4.78, 5) is 20.0. The zero-order valence-corrected chi connectivity index (χ0v) is 15.1. The molecular weight excluding hydrogens is 380 g/mol. The van der Waals surface area contributed by atoms with Crippen LogP contribution in [0.2, 0.25) is 0 Å². The van der Waals surface area contributed by atoms with Crippen molar-refractivity contribution >= 4 is 30.7 Å². The quantitative estimate of drug-likeness (QED) is 0.825. The maximum Gasteiger partial charge on any atom is 0.417 e. The van der Waals surface area contributed by atoms with E-state index in [-0.39, 0.29) is 36.4 Å². The zero-order valence-electron chi connectivity index (χ0n) is 13.5. The van der Waals surface area contributed by atoms with Gasteiger partial charge in [0.2, 0.25) is 0 Å². The fraction of sp³-hybridized carbons (Fsp3) is 0.600. The number of halogens is 5. The number of amides is 1. The number of hydrogen-bond donors (Lipinski definition) is 1. The summed E-state index contributed by atoms with van der Waals surface area (Å²) in [5.74, 6) is -0.303. The van der Waals surface area contributed by atoms with Crippen LogP contribution in [-0.2, 0) is 6.18 Å². The Morgan fingerprint density at radius 1 is 1.16 bits per heavy atom. The van der Waals surface area contributed by atoms with Crippen LogP contribution in [0.5, 0.6) is 0 Å². The number of alkyl halides is 3. The van der Waals surface area contributed by atoms with Crippen molar-refractivity contribution in [2.45, 2.75) is 18.6 Å². The van der Waals surface area contributed by atoms with Crippen molar-refractivity contribution < 1.29 is 18.0 Å². The first-order chi connectivity index (χ1) is 10.9. The summed E-state index contributed by atoms with van der Waals surface area (Å²) in [5.41, 5.74) is -0.776. The summed E-state index contributed by atoms with van der Waals surface area (Å²) in [6, 6.07) is 2.58. The highest BCUT2D eigenvalue weighted by atomic mass is 35.5. The molecule has 0 bridgehead atoms. The molecule has 2 aliphatic rings. The van der Waals surface area contributed by atoms with Gasteiger partial charge in [-0.15, -0.1) is 24.8 Å². The van der Waals surface area contributed by atoms with Gasteiger partial charge in [-0.25, -0.2) is 0 Å². The maximum absolute atomic E-state index is 12.5. The van der Waals surface area contributed by atoms with Gasteiger partial charge in [0.15, 0.2) is 0 Å². The first-order valence-electron chi connectivity index (χ1n) is 7.72. The number of rotatable bonds is 2. The third-order valence-electron chi connectivity index (χ3n) is 4.46. The van der Waals surface area contributed by atoms with E-state index in [1.807, 2.05) is 0 Å². The molecule has 25 heavy (non-hydrogen) atoms. The molecule has 3 rings (SSSR count). The first kappa shape index (κ1) is 22.0. The lowest BCUT2D eigenvalue weighted by Gasteiger charge is -2.37. The van der Waals surface area contributed by atoms with Gasteiger partial charge < -0.3 is 10.2 Å². The Labute approximate surface area is 156 Å². The molecule has 0 aromatic carbocycles. The molecule has 1 aromatic heterocycles. The fourth-order valence-corrected chi connectivity index (χ4v) is 3.09. The number of hydrogen-bond acceptors (Lipinski definition) is 4. The molecule has 0 spiro atoms. The van der Waals surface area contributed by atoms with Crippen LogP contribution in [0.25, 0.3) is 0 Å². The van der Waals surface area contributed by atoms with Gasteiger partial charge >= 0.3 is 6.18 Å². The van der Waals surface area contributed by atoms with E-state index in [0.717, 1.165) is 44.7 Å². The number of nitrogens with one attached hydrogen (secondary N) is 1. The minimum atomic E-state index is -4.43. The third-order valence-corrected chi connectivity index (χ3v) is 4.46. The highest BCUT2D eigenvalue weighted by Gasteiger charge is 2.32. The fourth-order valence-electron chi connectivity index (χ4n) is 3.09. The van der Waals surface area contributed by atoms with Crippen molar-refractivity contribution in [1.29, 1.82) is 0 Å². The molecular formula is C15H21Cl2F3N4O. The van der Waals surface area contributed by atoms with Crippen LogP contribution >= 0.6 is 24.8 Å². The second kappa shape index (κ2) is 9.02. The second-order valence-corrected chi connectivity index (χ2v) is 5.90. The van der Waals surface area contributed by atoms with E-state index in [9.17, 15) is 18.0 Å². The molecule has 1 N–H and O–H groups in total. The Bertz CT molecular complexity index is 557. The third kappa shape index (κ3) is 5.20. The molecule has 0 saturated carbocycles. The van der Waals surface area contributed by atoms with Crippen molar-refractivity contribution in [3.05, 3.63) is 29.6 Å². The Morgan fingerprint density at radius 3 is 2.32 bits per heavy atom. The normalized spacial score (nSPS) is 21.4. The van der Waals surface area contributed by atoms with E-state index in [4.69, 9.17) is 0 Å². The van der Waals surface area contributed by atoms with E-state index in [0.29, 0.717) is 25.3 Å². The van der Waals surface area contributed by atoms with E-state index in [1.54, 1.807) is 4.90 Å². The first-order valence-corrected chi connectivity index (χ1v) is 7.72. The van der Waals surface area contributed by atoms with Crippen LogP contribution in [0, 0.1) is 0 Å². The molecule has 2 fully saturated rings. The van der Waals surface area contributed by atoms with E-state index in [2.05, 4.69) is 15.2 Å². The largest absolute Gasteiger partial charge is 0.417 e.